The number of halogens is 1. The van der Waals surface area contributed by atoms with Crippen molar-refractivity contribution in [2.75, 3.05) is 56.9 Å². The van der Waals surface area contributed by atoms with Crippen LogP contribution in [0.25, 0.3) is 16.9 Å². The van der Waals surface area contributed by atoms with Gasteiger partial charge in [-0.3, -0.25) is 4.40 Å². The second-order valence-electron chi connectivity index (χ2n) is 13.2. The first-order valence-electron chi connectivity index (χ1n) is 18.0. The highest BCUT2D eigenvalue weighted by Gasteiger charge is 2.52. The lowest BCUT2D eigenvalue weighted by molar-refractivity contribution is 0.00578. The Labute approximate surface area is 353 Å². The molecule has 0 bridgehead atoms. The summed E-state index contributed by atoms with van der Waals surface area (Å²) >= 11 is 3.27. The highest BCUT2D eigenvalue weighted by Crippen LogP contribution is 2.37. The zero-order valence-corrected chi connectivity index (χ0v) is 36.9. The number of ether oxygens (including phenoxy) is 8. The summed E-state index contributed by atoms with van der Waals surface area (Å²) in [5, 5.41) is 0. The molecule has 59 heavy (non-hydrogen) atoms. The molecule has 1 aliphatic heterocycles. The van der Waals surface area contributed by atoms with E-state index in [9.17, 15) is 0 Å². The summed E-state index contributed by atoms with van der Waals surface area (Å²) in [4.78, 5) is 20.7. The molecular formula is C41H50BBrN6O10. The summed E-state index contributed by atoms with van der Waals surface area (Å²) in [7, 11) is 12.1. The van der Waals surface area contributed by atoms with E-state index in [0.717, 1.165) is 26.8 Å². The van der Waals surface area contributed by atoms with Crippen molar-refractivity contribution in [3.63, 3.8) is 0 Å². The van der Waals surface area contributed by atoms with Crippen molar-refractivity contribution in [2.45, 2.75) is 38.9 Å². The standard InChI is InChI=1S/C14H13N3O2.C13H20BNO4.C7H8BrNO2.C7H9NO2/c1-18-12-7-10(8-16-14(12)19-2)11-9-15-13-5-3-4-6-17(11)13;1-12(2)13(3,4)19-14(18-12)9-7-10(16-5)11(17-6)15-8-9;1-10-6-3-5(8)4-9-7(6)11-2;1-9-6-4-3-5-8-7(6)10-2/h3-9H,1-2H3;7-8H,1-6H3;3-4H,1-2H3;3-5H,1-2H3. The molecule has 0 amide bonds. The van der Waals surface area contributed by atoms with Crippen molar-refractivity contribution in [3.05, 3.63) is 90.2 Å². The average molecular weight is 878 g/mol. The lowest BCUT2D eigenvalue weighted by atomic mass is 9.80. The number of hydrogen-bond acceptors (Lipinski definition) is 15. The molecule has 6 aromatic rings. The minimum Gasteiger partial charge on any atom is -0.491 e. The van der Waals surface area contributed by atoms with Crippen LogP contribution in [0.2, 0.25) is 0 Å². The van der Waals surface area contributed by atoms with Gasteiger partial charge in [-0.25, -0.2) is 24.9 Å². The first kappa shape index (κ1) is 45.9. The molecule has 0 spiro atoms. The zero-order chi connectivity index (χ0) is 43.2. The monoisotopic (exact) mass is 876 g/mol. The molecule has 7 rings (SSSR count). The first-order valence-corrected chi connectivity index (χ1v) is 18.8. The number of methoxy groups -OCH3 is 8. The summed E-state index contributed by atoms with van der Waals surface area (Å²) in [6, 6.07) is 15.0. The second kappa shape index (κ2) is 21.2. The molecule has 7 heterocycles. The Morgan fingerprint density at radius 2 is 1.07 bits per heavy atom. The lowest BCUT2D eigenvalue weighted by Crippen LogP contribution is -2.41. The van der Waals surface area contributed by atoms with Crippen molar-refractivity contribution >= 4 is 34.2 Å². The zero-order valence-electron chi connectivity index (χ0n) is 35.3. The van der Waals surface area contributed by atoms with Crippen LogP contribution in [-0.4, -0.2) is 105 Å². The van der Waals surface area contributed by atoms with Crippen LogP contribution in [0.3, 0.4) is 0 Å². The number of nitrogens with zero attached hydrogens (tertiary/aromatic N) is 6. The van der Waals surface area contributed by atoms with E-state index >= 15 is 0 Å². The van der Waals surface area contributed by atoms with Crippen LogP contribution in [0.15, 0.2) is 90.2 Å². The van der Waals surface area contributed by atoms with Gasteiger partial charge in [-0.05, 0) is 80.0 Å². The summed E-state index contributed by atoms with van der Waals surface area (Å²) in [5.41, 5.74) is 2.86. The van der Waals surface area contributed by atoms with Gasteiger partial charge < -0.3 is 47.2 Å². The third-order valence-corrected chi connectivity index (χ3v) is 9.50. The number of rotatable bonds is 10. The molecule has 0 N–H and O–H groups in total. The van der Waals surface area contributed by atoms with E-state index in [-0.39, 0.29) is 11.2 Å². The normalized spacial score (nSPS) is 13.3. The quantitative estimate of drug-likeness (QED) is 0.133. The fourth-order valence-electron chi connectivity index (χ4n) is 5.26. The maximum absolute atomic E-state index is 5.96. The largest absolute Gasteiger partial charge is 0.496 e. The van der Waals surface area contributed by atoms with Crippen LogP contribution >= 0.6 is 15.9 Å². The Kier molecular flexibility index (Phi) is 16.5. The Morgan fingerprint density at radius 3 is 1.63 bits per heavy atom. The highest BCUT2D eigenvalue weighted by molar-refractivity contribution is 9.10. The van der Waals surface area contributed by atoms with Gasteiger partial charge in [-0.2, -0.15) is 0 Å². The fourth-order valence-corrected chi connectivity index (χ4v) is 5.58. The Hall–Kier alpha value is -5.85. The van der Waals surface area contributed by atoms with Gasteiger partial charge in [-0.1, -0.05) is 6.07 Å². The van der Waals surface area contributed by atoms with Gasteiger partial charge in [0.05, 0.1) is 80.0 Å². The first-order chi connectivity index (χ1) is 28.3. The van der Waals surface area contributed by atoms with Crippen molar-refractivity contribution < 1.29 is 47.2 Å². The predicted octanol–water partition coefficient (Wildman–Crippen LogP) is 6.77. The van der Waals surface area contributed by atoms with Gasteiger partial charge in [-0.15, -0.1) is 0 Å². The third kappa shape index (κ3) is 11.4. The maximum atomic E-state index is 5.96. The third-order valence-electron chi connectivity index (χ3n) is 9.07. The fraction of sp³-hybridized carbons (Fsp3) is 0.341. The smallest absolute Gasteiger partial charge is 0.491 e. The minimum absolute atomic E-state index is 0.370. The van der Waals surface area contributed by atoms with Gasteiger partial charge >= 0.3 is 7.12 Å². The average Bonchev–Trinajstić information content (AvgIpc) is 3.79. The lowest BCUT2D eigenvalue weighted by Gasteiger charge is -2.32. The molecule has 0 aliphatic carbocycles. The number of hydrogen-bond donors (Lipinski definition) is 0. The van der Waals surface area contributed by atoms with Crippen molar-refractivity contribution in [1.82, 2.24) is 29.3 Å². The van der Waals surface area contributed by atoms with E-state index < -0.39 is 7.12 Å². The van der Waals surface area contributed by atoms with Crippen LogP contribution in [0.5, 0.6) is 46.5 Å². The molecule has 6 aromatic heterocycles. The van der Waals surface area contributed by atoms with E-state index in [0.29, 0.717) is 46.5 Å². The molecule has 0 saturated carbocycles. The number of aromatic nitrogens is 6. The Morgan fingerprint density at radius 1 is 0.542 bits per heavy atom. The van der Waals surface area contributed by atoms with E-state index in [2.05, 4.69) is 40.8 Å². The predicted molar refractivity (Wildman–Crippen MR) is 227 cm³/mol. The highest BCUT2D eigenvalue weighted by atomic mass is 79.9. The van der Waals surface area contributed by atoms with Crippen LogP contribution in [0, 0.1) is 0 Å². The van der Waals surface area contributed by atoms with Gasteiger partial charge in [0.15, 0.2) is 23.0 Å². The van der Waals surface area contributed by atoms with Crippen LogP contribution in [0.4, 0.5) is 0 Å². The Bertz CT molecular complexity index is 2220. The molecule has 0 atom stereocenters. The van der Waals surface area contributed by atoms with Gasteiger partial charge in [0, 0.05) is 52.5 Å². The molecular weight excluding hydrogens is 827 g/mol. The number of pyridine rings is 5. The van der Waals surface area contributed by atoms with Gasteiger partial charge in [0.25, 0.3) is 23.5 Å². The second-order valence-corrected chi connectivity index (χ2v) is 14.1. The van der Waals surface area contributed by atoms with Gasteiger partial charge in [0.2, 0.25) is 0 Å². The summed E-state index contributed by atoms with van der Waals surface area (Å²) in [6.07, 6.45) is 10.5. The molecule has 18 heteroatoms. The summed E-state index contributed by atoms with van der Waals surface area (Å²) in [5.74, 6) is 4.39. The molecule has 16 nitrogen and oxygen atoms in total. The van der Waals surface area contributed by atoms with Crippen LogP contribution in [0.1, 0.15) is 27.7 Å². The topological polar surface area (TPSA) is 161 Å². The summed E-state index contributed by atoms with van der Waals surface area (Å²) in [6.45, 7) is 8.06. The van der Waals surface area contributed by atoms with Crippen LogP contribution < -0.4 is 43.4 Å². The van der Waals surface area contributed by atoms with Gasteiger partial charge in [0.1, 0.15) is 5.65 Å². The number of imidazole rings is 1. The van der Waals surface area contributed by atoms with E-state index in [1.54, 1.807) is 99.9 Å². The van der Waals surface area contributed by atoms with Crippen LogP contribution in [-0.2, 0) is 9.31 Å². The van der Waals surface area contributed by atoms with Crippen molar-refractivity contribution in [2.24, 2.45) is 0 Å². The molecule has 1 aliphatic rings. The summed E-state index contributed by atoms with van der Waals surface area (Å²) < 4.78 is 55.4. The van der Waals surface area contributed by atoms with E-state index in [1.807, 2.05) is 74.8 Å². The molecule has 0 radical (unpaired) electrons. The van der Waals surface area contributed by atoms with Crippen molar-refractivity contribution in [1.29, 1.82) is 0 Å². The van der Waals surface area contributed by atoms with Crippen molar-refractivity contribution in [3.8, 4) is 57.8 Å². The van der Waals surface area contributed by atoms with E-state index in [1.165, 1.54) is 0 Å². The molecule has 314 valence electrons. The molecule has 0 aromatic carbocycles. The maximum Gasteiger partial charge on any atom is 0.496 e. The molecule has 1 fully saturated rings. The minimum atomic E-state index is -0.447. The number of fused-ring (bicyclic) bond motifs is 1. The molecule has 1 saturated heterocycles. The SMILES string of the molecule is COc1cc(-c2cnc3ccccn23)cnc1OC.COc1cc(B2OC(C)(C)C(C)(C)O2)cnc1OC.COc1cc(Br)cnc1OC.COc1cccnc1OC. The Balaban J connectivity index is 0.000000181. The molecule has 0 unspecified atom stereocenters. The van der Waals surface area contributed by atoms with E-state index in [4.69, 9.17) is 47.2 Å².